The van der Waals surface area contributed by atoms with Crippen LogP contribution in [0.25, 0.3) is 0 Å². The fourth-order valence-electron chi connectivity index (χ4n) is 3.86. The summed E-state index contributed by atoms with van der Waals surface area (Å²) in [6, 6.07) is 13.8. The number of amides is 1. The van der Waals surface area contributed by atoms with Crippen LogP contribution in [-0.4, -0.2) is 59.5 Å². The molecule has 0 aliphatic carbocycles. The second-order valence-electron chi connectivity index (χ2n) is 7.42. The van der Waals surface area contributed by atoms with Crippen LogP contribution in [0.2, 0.25) is 5.02 Å². The quantitative estimate of drug-likeness (QED) is 0.805. The first-order valence-electron chi connectivity index (χ1n) is 9.86. The smallest absolute Gasteiger partial charge is 0.241 e. The van der Waals surface area contributed by atoms with Gasteiger partial charge < -0.3 is 4.90 Å². The van der Waals surface area contributed by atoms with Gasteiger partial charge in [0.05, 0.1) is 0 Å². The number of hydrogen-bond acceptors (Lipinski definition) is 5. The lowest BCUT2D eigenvalue weighted by Crippen LogP contribution is -2.53. The van der Waals surface area contributed by atoms with Gasteiger partial charge >= 0.3 is 0 Å². The van der Waals surface area contributed by atoms with E-state index in [-0.39, 0.29) is 18.0 Å². The van der Waals surface area contributed by atoms with E-state index in [2.05, 4.69) is 26.8 Å². The minimum Gasteiger partial charge on any atom is -0.339 e. The van der Waals surface area contributed by atoms with Gasteiger partial charge in [-0.2, -0.15) is 0 Å². The summed E-state index contributed by atoms with van der Waals surface area (Å²) < 4.78 is 0. The summed E-state index contributed by atoms with van der Waals surface area (Å²) in [6.07, 6.45) is 3.54. The van der Waals surface area contributed by atoms with Crippen LogP contribution in [0.15, 0.2) is 48.7 Å². The van der Waals surface area contributed by atoms with Crippen LogP contribution in [0.1, 0.15) is 23.7 Å². The maximum Gasteiger partial charge on any atom is 0.241 e. The Bertz CT molecular complexity index is 777. The second kappa shape index (κ2) is 9.01. The first-order valence-corrected chi connectivity index (χ1v) is 10.2. The monoisotopic (exact) mass is 399 g/mol. The molecular formula is C21H26ClN5O. The highest BCUT2D eigenvalue weighted by Crippen LogP contribution is 2.24. The van der Waals surface area contributed by atoms with Gasteiger partial charge in [0.25, 0.3) is 0 Å². The number of piperazine rings is 1. The van der Waals surface area contributed by atoms with E-state index < -0.39 is 0 Å². The van der Waals surface area contributed by atoms with Crippen molar-refractivity contribution in [2.75, 3.05) is 32.7 Å². The standard InChI is InChI=1S/C21H26ClN5O/c22-17-6-4-16(5-7-17)19-15-20(25-24-19)21(28)27-13-11-26(12-14-27)10-8-18-3-1-2-9-23-18/h1-7,9,19-20,24-25H,8,10-15H2. The lowest BCUT2D eigenvalue weighted by Gasteiger charge is -2.35. The molecule has 2 aliphatic heterocycles. The Morgan fingerprint density at radius 3 is 2.57 bits per heavy atom. The van der Waals surface area contributed by atoms with Crippen molar-refractivity contribution in [3.8, 4) is 0 Å². The molecule has 6 nitrogen and oxygen atoms in total. The SMILES string of the molecule is O=C(C1CC(c2ccc(Cl)cc2)NN1)N1CCN(CCc2ccccn2)CC1. The molecule has 2 unspecified atom stereocenters. The van der Waals surface area contributed by atoms with E-state index in [1.165, 1.54) is 0 Å². The van der Waals surface area contributed by atoms with Crippen molar-refractivity contribution in [2.24, 2.45) is 0 Å². The van der Waals surface area contributed by atoms with Crippen molar-refractivity contribution in [1.29, 1.82) is 0 Å². The lowest BCUT2D eigenvalue weighted by molar-refractivity contribution is -0.134. The third-order valence-electron chi connectivity index (χ3n) is 5.57. The zero-order chi connectivity index (χ0) is 19.3. The van der Waals surface area contributed by atoms with Gasteiger partial charge in [-0.15, -0.1) is 0 Å². The van der Waals surface area contributed by atoms with E-state index >= 15 is 0 Å². The first kappa shape index (κ1) is 19.3. The molecule has 2 N–H and O–H groups in total. The summed E-state index contributed by atoms with van der Waals surface area (Å²) in [6.45, 7) is 4.38. The molecule has 2 saturated heterocycles. The minimum atomic E-state index is -0.180. The molecule has 1 aromatic carbocycles. The Hall–Kier alpha value is -1.99. The summed E-state index contributed by atoms with van der Waals surface area (Å²) in [5, 5.41) is 0.725. The highest BCUT2D eigenvalue weighted by Gasteiger charge is 2.34. The number of halogens is 1. The molecule has 2 fully saturated rings. The second-order valence-corrected chi connectivity index (χ2v) is 7.86. The van der Waals surface area contributed by atoms with Crippen molar-refractivity contribution in [1.82, 2.24) is 25.6 Å². The molecule has 0 spiro atoms. The maximum absolute atomic E-state index is 12.9. The van der Waals surface area contributed by atoms with E-state index in [0.29, 0.717) is 0 Å². The zero-order valence-corrected chi connectivity index (χ0v) is 16.6. The summed E-state index contributed by atoms with van der Waals surface area (Å²) >= 11 is 5.96. The van der Waals surface area contributed by atoms with Crippen LogP contribution in [0.5, 0.6) is 0 Å². The van der Waals surface area contributed by atoms with Crippen molar-refractivity contribution in [3.63, 3.8) is 0 Å². The fourth-order valence-corrected chi connectivity index (χ4v) is 3.99. The van der Waals surface area contributed by atoms with E-state index in [0.717, 1.165) is 61.8 Å². The molecule has 0 radical (unpaired) electrons. The largest absolute Gasteiger partial charge is 0.339 e. The maximum atomic E-state index is 12.9. The van der Waals surface area contributed by atoms with Gasteiger partial charge in [0.15, 0.2) is 0 Å². The van der Waals surface area contributed by atoms with Crippen molar-refractivity contribution < 1.29 is 4.79 Å². The van der Waals surface area contributed by atoms with E-state index in [9.17, 15) is 4.79 Å². The van der Waals surface area contributed by atoms with Crippen LogP contribution in [-0.2, 0) is 11.2 Å². The number of carbonyl (C=O) groups is 1. The third-order valence-corrected chi connectivity index (χ3v) is 5.82. The Morgan fingerprint density at radius 1 is 1.07 bits per heavy atom. The number of rotatable bonds is 5. The van der Waals surface area contributed by atoms with Crippen LogP contribution in [0, 0.1) is 0 Å². The third kappa shape index (κ3) is 4.70. The normalized spacial score (nSPS) is 23.1. The number of carbonyl (C=O) groups excluding carboxylic acids is 1. The van der Waals surface area contributed by atoms with Crippen LogP contribution < -0.4 is 10.9 Å². The zero-order valence-electron chi connectivity index (χ0n) is 15.9. The van der Waals surface area contributed by atoms with E-state index in [4.69, 9.17) is 11.6 Å². The van der Waals surface area contributed by atoms with Gasteiger partial charge in [-0.25, -0.2) is 10.9 Å². The Morgan fingerprint density at radius 2 is 1.86 bits per heavy atom. The first-order chi connectivity index (χ1) is 13.7. The molecule has 2 aromatic rings. The van der Waals surface area contributed by atoms with Gasteiger partial charge in [0.1, 0.15) is 6.04 Å². The van der Waals surface area contributed by atoms with Crippen molar-refractivity contribution >= 4 is 17.5 Å². The topological polar surface area (TPSA) is 60.5 Å². The summed E-state index contributed by atoms with van der Waals surface area (Å²) in [5.74, 6) is 0.188. The van der Waals surface area contributed by atoms with Gasteiger partial charge in [0.2, 0.25) is 5.91 Å². The predicted octanol–water partition coefficient (Wildman–Crippen LogP) is 2.03. The van der Waals surface area contributed by atoms with Gasteiger partial charge in [-0.1, -0.05) is 29.8 Å². The average Bonchev–Trinajstić information content (AvgIpc) is 3.24. The molecule has 3 heterocycles. The minimum absolute atomic E-state index is 0.130. The molecular weight excluding hydrogens is 374 g/mol. The van der Waals surface area contributed by atoms with Gasteiger partial charge in [-0.3, -0.25) is 14.7 Å². The molecule has 148 valence electrons. The lowest BCUT2D eigenvalue weighted by atomic mass is 10.0. The van der Waals surface area contributed by atoms with Crippen LogP contribution >= 0.6 is 11.6 Å². The fraction of sp³-hybridized carbons (Fsp3) is 0.429. The average molecular weight is 400 g/mol. The molecule has 1 aromatic heterocycles. The van der Waals surface area contributed by atoms with Gasteiger partial charge in [0, 0.05) is 62.1 Å². The number of nitrogens with one attached hydrogen (secondary N) is 2. The molecule has 0 saturated carbocycles. The van der Waals surface area contributed by atoms with Crippen molar-refractivity contribution in [3.05, 3.63) is 64.9 Å². The Labute approximate surface area is 170 Å². The van der Waals surface area contributed by atoms with Gasteiger partial charge in [-0.05, 0) is 36.2 Å². The molecule has 4 rings (SSSR count). The number of hydrazine groups is 1. The number of benzene rings is 1. The predicted molar refractivity (Wildman–Crippen MR) is 110 cm³/mol. The number of pyridine rings is 1. The number of hydrogen-bond donors (Lipinski definition) is 2. The van der Waals surface area contributed by atoms with E-state index in [1.807, 2.05) is 47.5 Å². The molecule has 0 bridgehead atoms. The van der Waals surface area contributed by atoms with Crippen LogP contribution in [0.4, 0.5) is 0 Å². The molecule has 2 atom stereocenters. The van der Waals surface area contributed by atoms with Crippen molar-refractivity contribution in [2.45, 2.75) is 24.9 Å². The van der Waals surface area contributed by atoms with Crippen LogP contribution in [0.3, 0.4) is 0 Å². The van der Waals surface area contributed by atoms with E-state index in [1.54, 1.807) is 0 Å². The highest BCUT2D eigenvalue weighted by atomic mass is 35.5. The summed E-state index contributed by atoms with van der Waals surface area (Å²) in [5.41, 5.74) is 8.70. The summed E-state index contributed by atoms with van der Waals surface area (Å²) in [7, 11) is 0. The molecule has 2 aliphatic rings. The Kier molecular flexibility index (Phi) is 6.22. The molecule has 7 heteroatoms. The molecule has 1 amide bonds. The number of nitrogens with zero attached hydrogens (tertiary/aromatic N) is 3. The molecule has 28 heavy (non-hydrogen) atoms. The Balaban J connectivity index is 1.23. The highest BCUT2D eigenvalue weighted by molar-refractivity contribution is 6.30. The number of aromatic nitrogens is 1. The summed E-state index contributed by atoms with van der Waals surface area (Å²) in [4.78, 5) is 21.7.